The number of benzene rings is 1. The Balaban J connectivity index is 2.10. The Kier molecular flexibility index (Phi) is 4.31. The molecule has 2 N–H and O–H groups in total. The van der Waals surface area contributed by atoms with Gasteiger partial charge >= 0.3 is 6.36 Å². The van der Waals surface area contributed by atoms with Crippen molar-refractivity contribution in [3.05, 3.63) is 24.3 Å². The summed E-state index contributed by atoms with van der Waals surface area (Å²) in [4.78, 5) is 15.9. The molecule has 6 nitrogen and oxygen atoms in total. The monoisotopic (exact) mass is 328 g/mol. The third-order valence-electron chi connectivity index (χ3n) is 2.75. The van der Waals surface area contributed by atoms with Gasteiger partial charge in [-0.2, -0.15) is 4.98 Å². The topological polar surface area (TPSA) is 79.9 Å². The molecule has 1 amide bonds. The molecule has 2 aromatic rings. The molecule has 0 fully saturated rings. The lowest BCUT2D eigenvalue weighted by Crippen LogP contribution is -2.28. The van der Waals surface area contributed by atoms with Gasteiger partial charge in [0.05, 0.1) is 0 Å². The van der Waals surface area contributed by atoms with Crippen LogP contribution in [-0.4, -0.2) is 27.5 Å². The summed E-state index contributed by atoms with van der Waals surface area (Å²) in [7, 11) is 0. The standard InChI is InChI=1S/C14H15F3N4O2/c1-13(2,3)11(22)19-12-18-10(20-21-12)8-4-6-9(7-5-8)23-14(15,16)17/h4-7H,1-3H3,(H2,18,19,20,21,22). The number of hydrogen-bond donors (Lipinski definition) is 2. The Morgan fingerprint density at radius 2 is 1.78 bits per heavy atom. The SMILES string of the molecule is CC(C)(C)C(=O)Nc1n[nH]c(-c2ccc(OC(F)(F)F)cc2)n1. The quantitative estimate of drug-likeness (QED) is 0.905. The van der Waals surface area contributed by atoms with E-state index in [0.717, 1.165) is 0 Å². The third-order valence-corrected chi connectivity index (χ3v) is 2.75. The summed E-state index contributed by atoms with van der Waals surface area (Å²) in [5, 5.41) is 9.00. The zero-order chi connectivity index (χ0) is 17.3. The first-order valence-electron chi connectivity index (χ1n) is 6.65. The predicted molar refractivity (Wildman–Crippen MR) is 76.6 cm³/mol. The molecule has 0 saturated heterocycles. The van der Waals surface area contributed by atoms with Crippen LogP contribution in [-0.2, 0) is 4.79 Å². The van der Waals surface area contributed by atoms with Crippen LogP contribution >= 0.6 is 0 Å². The molecular formula is C14H15F3N4O2. The van der Waals surface area contributed by atoms with Gasteiger partial charge in [-0.05, 0) is 24.3 Å². The van der Waals surface area contributed by atoms with Crippen molar-refractivity contribution in [1.82, 2.24) is 15.2 Å². The van der Waals surface area contributed by atoms with E-state index in [1.807, 2.05) is 0 Å². The molecule has 1 heterocycles. The molecule has 1 aromatic heterocycles. The summed E-state index contributed by atoms with van der Waals surface area (Å²) in [5.41, 5.74) is -0.0968. The fraction of sp³-hybridized carbons (Fsp3) is 0.357. The summed E-state index contributed by atoms with van der Waals surface area (Å²) in [6.45, 7) is 5.24. The molecular weight excluding hydrogens is 313 g/mol. The molecule has 1 aromatic carbocycles. The first-order chi connectivity index (χ1) is 10.5. The van der Waals surface area contributed by atoms with Crippen molar-refractivity contribution in [2.45, 2.75) is 27.1 Å². The minimum atomic E-state index is -4.74. The van der Waals surface area contributed by atoms with Gasteiger partial charge in [-0.1, -0.05) is 20.8 Å². The van der Waals surface area contributed by atoms with Crippen LogP contribution in [0.5, 0.6) is 5.75 Å². The van der Waals surface area contributed by atoms with E-state index in [2.05, 4.69) is 25.2 Å². The molecule has 0 aliphatic rings. The summed E-state index contributed by atoms with van der Waals surface area (Å²) in [6, 6.07) is 5.13. The number of nitrogens with zero attached hydrogens (tertiary/aromatic N) is 2. The van der Waals surface area contributed by atoms with Crippen LogP contribution in [0.15, 0.2) is 24.3 Å². The van der Waals surface area contributed by atoms with Gasteiger partial charge < -0.3 is 4.74 Å². The molecule has 23 heavy (non-hydrogen) atoms. The summed E-state index contributed by atoms with van der Waals surface area (Å²) >= 11 is 0. The van der Waals surface area contributed by atoms with Crippen LogP contribution in [0, 0.1) is 5.41 Å². The number of aromatic nitrogens is 3. The Morgan fingerprint density at radius 3 is 2.30 bits per heavy atom. The Hall–Kier alpha value is -2.58. The van der Waals surface area contributed by atoms with Crippen LogP contribution in [0.4, 0.5) is 19.1 Å². The smallest absolute Gasteiger partial charge is 0.406 e. The van der Waals surface area contributed by atoms with E-state index in [1.54, 1.807) is 20.8 Å². The number of carbonyl (C=O) groups excluding carboxylic acids is 1. The van der Waals surface area contributed by atoms with Crippen molar-refractivity contribution < 1.29 is 22.7 Å². The van der Waals surface area contributed by atoms with Gasteiger partial charge in [0.15, 0.2) is 5.82 Å². The van der Waals surface area contributed by atoms with E-state index in [4.69, 9.17) is 0 Å². The fourth-order valence-electron chi connectivity index (χ4n) is 1.55. The van der Waals surface area contributed by atoms with E-state index in [-0.39, 0.29) is 17.6 Å². The number of anilines is 1. The van der Waals surface area contributed by atoms with Crippen molar-refractivity contribution in [3.8, 4) is 17.1 Å². The van der Waals surface area contributed by atoms with Gasteiger partial charge in [-0.25, -0.2) is 0 Å². The highest BCUT2D eigenvalue weighted by molar-refractivity contribution is 5.93. The van der Waals surface area contributed by atoms with Crippen LogP contribution in [0.2, 0.25) is 0 Å². The molecule has 0 saturated carbocycles. The van der Waals surface area contributed by atoms with Crippen molar-refractivity contribution >= 4 is 11.9 Å². The number of hydrogen-bond acceptors (Lipinski definition) is 4. The number of carbonyl (C=O) groups is 1. The fourth-order valence-corrected chi connectivity index (χ4v) is 1.55. The minimum Gasteiger partial charge on any atom is -0.406 e. The van der Waals surface area contributed by atoms with Crippen LogP contribution in [0.1, 0.15) is 20.8 Å². The Labute approximate surface area is 130 Å². The lowest BCUT2D eigenvalue weighted by Gasteiger charge is -2.15. The van der Waals surface area contributed by atoms with Gasteiger partial charge in [-0.3, -0.25) is 15.2 Å². The molecule has 0 radical (unpaired) electrons. The first kappa shape index (κ1) is 16.8. The average Bonchev–Trinajstić information content (AvgIpc) is 2.85. The molecule has 124 valence electrons. The first-order valence-corrected chi connectivity index (χ1v) is 6.65. The highest BCUT2D eigenvalue weighted by atomic mass is 19.4. The molecule has 0 atom stereocenters. The van der Waals surface area contributed by atoms with Crippen LogP contribution < -0.4 is 10.1 Å². The molecule has 0 aliphatic carbocycles. The number of aromatic amines is 1. The Morgan fingerprint density at radius 1 is 1.17 bits per heavy atom. The Bertz CT molecular complexity index is 687. The van der Waals surface area contributed by atoms with E-state index >= 15 is 0 Å². The summed E-state index contributed by atoms with van der Waals surface area (Å²) in [5.74, 6) is -0.178. The molecule has 9 heteroatoms. The van der Waals surface area contributed by atoms with Gasteiger partial charge in [-0.15, -0.1) is 18.3 Å². The molecule has 0 bridgehead atoms. The van der Waals surface area contributed by atoms with Crippen molar-refractivity contribution in [2.24, 2.45) is 5.41 Å². The molecule has 0 unspecified atom stereocenters. The second kappa shape index (κ2) is 5.90. The highest BCUT2D eigenvalue weighted by Crippen LogP contribution is 2.25. The van der Waals surface area contributed by atoms with Gasteiger partial charge in [0.1, 0.15) is 5.75 Å². The van der Waals surface area contributed by atoms with E-state index < -0.39 is 11.8 Å². The molecule has 2 rings (SSSR count). The highest BCUT2D eigenvalue weighted by Gasteiger charge is 2.31. The lowest BCUT2D eigenvalue weighted by atomic mass is 9.96. The number of alkyl halides is 3. The lowest BCUT2D eigenvalue weighted by molar-refractivity contribution is -0.274. The minimum absolute atomic E-state index is 0.0931. The number of rotatable bonds is 3. The summed E-state index contributed by atoms with van der Waals surface area (Å²) in [6.07, 6.45) is -4.74. The normalized spacial score (nSPS) is 12.1. The summed E-state index contributed by atoms with van der Waals surface area (Å²) < 4.78 is 40.1. The van der Waals surface area contributed by atoms with E-state index in [0.29, 0.717) is 11.4 Å². The number of nitrogens with one attached hydrogen (secondary N) is 2. The third kappa shape index (κ3) is 4.70. The van der Waals surface area contributed by atoms with Gasteiger partial charge in [0, 0.05) is 11.0 Å². The second-order valence-corrected chi connectivity index (χ2v) is 5.78. The molecule has 0 aliphatic heterocycles. The second-order valence-electron chi connectivity index (χ2n) is 5.78. The van der Waals surface area contributed by atoms with Crippen LogP contribution in [0.3, 0.4) is 0 Å². The van der Waals surface area contributed by atoms with Crippen molar-refractivity contribution in [2.75, 3.05) is 5.32 Å². The maximum atomic E-state index is 12.1. The number of halogens is 3. The maximum Gasteiger partial charge on any atom is 0.573 e. The maximum absolute atomic E-state index is 12.1. The largest absolute Gasteiger partial charge is 0.573 e. The number of H-pyrrole nitrogens is 1. The van der Waals surface area contributed by atoms with Gasteiger partial charge in [0.25, 0.3) is 0 Å². The number of ether oxygens (including phenoxy) is 1. The predicted octanol–water partition coefficient (Wildman–Crippen LogP) is 3.35. The van der Waals surface area contributed by atoms with Crippen molar-refractivity contribution in [3.63, 3.8) is 0 Å². The van der Waals surface area contributed by atoms with E-state index in [9.17, 15) is 18.0 Å². The number of amides is 1. The van der Waals surface area contributed by atoms with Gasteiger partial charge in [0.2, 0.25) is 11.9 Å². The van der Waals surface area contributed by atoms with Crippen LogP contribution in [0.25, 0.3) is 11.4 Å². The zero-order valence-electron chi connectivity index (χ0n) is 12.7. The zero-order valence-corrected chi connectivity index (χ0v) is 12.7. The average molecular weight is 328 g/mol. The van der Waals surface area contributed by atoms with E-state index in [1.165, 1.54) is 24.3 Å². The molecule has 0 spiro atoms. The van der Waals surface area contributed by atoms with Crippen molar-refractivity contribution in [1.29, 1.82) is 0 Å².